The van der Waals surface area contributed by atoms with E-state index in [4.69, 9.17) is 5.73 Å². The molecule has 2 unspecified atom stereocenters. The van der Waals surface area contributed by atoms with E-state index in [0.29, 0.717) is 0 Å². The highest BCUT2D eigenvalue weighted by molar-refractivity contribution is 5.93. The van der Waals surface area contributed by atoms with Crippen LogP contribution >= 0.6 is 24.8 Å². The van der Waals surface area contributed by atoms with E-state index in [1.165, 1.54) is 11.1 Å². The number of halogens is 2. The molecule has 0 radical (unpaired) electrons. The second kappa shape index (κ2) is 9.36. The van der Waals surface area contributed by atoms with Gasteiger partial charge in [0.1, 0.15) is 0 Å². The largest absolute Gasteiger partial charge is 0.327 e. The van der Waals surface area contributed by atoms with E-state index in [1.807, 2.05) is 26.0 Å². The van der Waals surface area contributed by atoms with Crippen LogP contribution in [0.2, 0.25) is 0 Å². The Labute approximate surface area is 145 Å². The molecule has 4 nitrogen and oxygen atoms in total. The van der Waals surface area contributed by atoms with Gasteiger partial charge in [-0.15, -0.1) is 24.8 Å². The Morgan fingerprint density at radius 2 is 2.00 bits per heavy atom. The number of carbonyl (C=O) groups is 1. The molecule has 1 amide bonds. The van der Waals surface area contributed by atoms with Gasteiger partial charge in [-0.05, 0) is 37.1 Å². The van der Waals surface area contributed by atoms with Gasteiger partial charge in [0.05, 0.1) is 5.92 Å². The summed E-state index contributed by atoms with van der Waals surface area (Å²) in [4.78, 5) is 14.6. The number of fused-ring (bicyclic) bond motifs is 1. The Kier molecular flexibility index (Phi) is 9.01. The first-order valence-electron chi connectivity index (χ1n) is 7.42. The number of benzene rings is 1. The van der Waals surface area contributed by atoms with Gasteiger partial charge in [0.25, 0.3) is 0 Å². The van der Waals surface area contributed by atoms with Gasteiger partial charge in [0.2, 0.25) is 5.91 Å². The molecule has 3 N–H and O–H groups in total. The molecule has 0 aromatic heterocycles. The van der Waals surface area contributed by atoms with Crippen LogP contribution in [0.5, 0.6) is 0 Å². The minimum absolute atomic E-state index is 0. The monoisotopic (exact) mass is 347 g/mol. The summed E-state index contributed by atoms with van der Waals surface area (Å²) in [6.45, 7) is 8.92. The molecule has 1 aliphatic rings. The molecule has 1 aliphatic heterocycles. The number of nitrogens with zero attached hydrogens (tertiary/aromatic N) is 1. The number of nitrogens with two attached hydrogens (primary N) is 1. The van der Waals surface area contributed by atoms with E-state index < -0.39 is 0 Å². The lowest BCUT2D eigenvalue weighted by atomic mass is 10.0. The fourth-order valence-corrected chi connectivity index (χ4v) is 2.57. The van der Waals surface area contributed by atoms with Crippen molar-refractivity contribution in [2.45, 2.75) is 46.3 Å². The third-order valence-electron chi connectivity index (χ3n) is 4.05. The van der Waals surface area contributed by atoms with Crippen molar-refractivity contribution in [3.05, 3.63) is 29.3 Å². The van der Waals surface area contributed by atoms with Crippen LogP contribution in [0.25, 0.3) is 0 Å². The Morgan fingerprint density at radius 3 is 2.59 bits per heavy atom. The molecule has 1 aromatic carbocycles. The number of amides is 1. The summed E-state index contributed by atoms with van der Waals surface area (Å²) < 4.78 is 0. The van der Waals surface area contributed by atoms with Gasteiger partial charge in [-0.2, -0.15) is 0 Å². The van der Waals surface area contributed by atoms with Crippen LogP contribution in [0.4, 0.5) is 5.69 Å². The Hall–Kier alpha value is -0.810. The zero-order chi connectivity index (χ0) is 14.7. The number of nitrogens with one attached hydrogen (secondary N) is 1. The molecule has 0 bridgehead atoms. The summed E-state index contributed by atoms with van der Waals surface area (Å²) in [6, 6.07) is 6.01. The van der Waals surface area contributed by atoms with E-state index in [0.717, 1.165) is 31.7 Å². The molecular weight excluding hydrogens is 321 g/mol. The van der Waals surface area contributed by atoms with Crippen molar-refractivity contribution in [3.63, 3.8) is 0 Å². The molecule has 1 aromatic rings. The molecular formula is C16H27Cl2N3O. The Morgan fingerprint density at radius 1 is 1.32 bits per heavy atom. The van der Waals surface area contributed by atoms with Gasteiger partial charge in [-0.3, -0.25) is 9.69 Å². The normalized spacial score (nSPS) is 16.0. The number of carbonyl (C=O) groups excluding carboxylic acids is 1. The maximum absolute atomic E-state index is 12.2. The minimum Gasteiger partial charge on any atom is -0.327 e. The summed E-state index contributed by atoms with van der Waals surface area (Å²) in [7, 11) is 0. The third kappa shape index (κ3) is 4.85. The fourth-order valence-electron chi connectivity index (χ4n) is 2.57. The number of hydrogen-bond acceptors (Lipinski definition) is 3. The zero-order valence-corrected chi connectivity index (χ0v) is 15.1. The lowest BCUT2D eigenvalue weighted by Crippen LogP contribution is -2.34. The minimum atomic E-state index is -0.181. The maximum Gasteiger partial charge on any atom is 0.228 e. The van der Waals surface area contributed by atoms with Gasteiger partial charge >= 0.3 is 0 Å². The summed E-state index contributed by atoms with van der Waals surface area (Å²) in [5.41, 5.74) is 9.32. The van der Waals surface area contributed by atoms with E-state index in [1.54, 1.807) is 0 Å². The van der Waals surface area contributed by atoms with Crippen molar-refractivity contribution in [3.8, 4) is 0 Å². The first-order valence-corrected chi connectivity index (χ1v) is 7.42. The van der Waals surface area contributed by atoms with Crippen molar-refractivity contribution >= 4 is 36.4 Å². The van der Waals surface area contributed by atoms with E-state index in [9.17, 15) is 4.79 Å². The summed E-state index contributed by atoms with van der Waals surface area (Å²) in [6.07, 6.45) is 1.15. The van der Waals surface area contributed by atoms with Crippen LogP contribution < -0.4 is 11.1 Å². The smallest absolute Gasteiger partial charge is 0.228 e. The van der Waals surface area contributed by atoms with Crippen LogP contribution in [0, 0.1) is 5.92 Å². The highest BCUT2D eigenvalue weighted by Gasteiger charge is 2.23. The number of anilines is 1. The highest BCUT2D eigenvalue weighted by atomic mass is 35.5. The van der Waals surface area contributed by atoms with Gasteiger partial charge in [0, 0.05) is 24.8 Å². The predicted molar refractivity (Wildman–Crippen MR) is 96.8 cm³/mol. The van der Waals surface area contributed by atoms with E-state index >= 15 is 0 Å². The lowest BCUT2D eigenvalue weighted by Gasteiger charge is -2.17. The van der Waals surface area contributed by atoms with Gasteiger partial charge in [-0.1, -0.05) is 26.0 Å². The molecule has 22 heavy (non-hydrogen) atoms. The number of hydrogen-bond donors (Lipinski definition) is 2. The van der Waals surface area contributed by atoms with Crippen molar-refractivity contribution in [2.24, 2.45) is 11.7 Å². The van der Waals surface area contributed by atoms with Gasteiger partial charge in [-0.25, -0.2) is 0 Å². The first kappa shape index (κ1) is 21.2. The van der Waals surface area contributed by atoms with Gasteiger partial charge < -0.3 is 11.1 Å². The van der Waals surface area contributed by atoms with E-state index in [-0.39, 0.29) is 42.7 Å². The molecule has 2 rings (SSSR count). The van der Waals surface area contributed by atoms with Crippen LogP contribution in [-0.4, -0.2) is 23.4 Å². The predicted octanol–water partition coefficient (Wildman–Crippen LogP) is 3.18. The summed E-state index contributed by atoms with van der Waals surface area (Å²) in [5, 5.41) is 3.04. The molecule has 0 spiro atoms. The summed E-state index contributed by atoms with van der Waals surface area (Å²) >= 11 is 0. The second-order valence-corrected chi connectivity index (χ2v) is 5.79. The second-order valence-electron chi connectivity index (χ2n) is 5.79. The van der Waals surface area contributed by atoms with Crippen LogP contribution in [-0.2, 0) is 17.9 Å². The fraction of sp³-hybridized carbons (Fsp3) is 0.562. The number of rotatable bonds is 5. The lowest BCUT2D eigenvalue weighted by molar-refractivity contribution is -0.119. The van der Waals surface area contributed by atoms with Crippen molar-refractivity contribution in [1.29, 1.82) is 0 Å². The van der Waals surface area contributed by atoms with E-state index in [2.05, 4.69) is 23.2 Å². The molecule has 6 heteroatoms. The molecule has 1 heterocycles. The average Bonchev–Trinajstić information content (AvgIpc) is 2.81. The average molecular weight is 348 g/mol. The highest BCUT2D eigenvalue weighted by Crippen LogP contribution is 2.29. The zero-order valence-electron chi connectivity index (χ0n) is 13.5. The molecule has 0 aliphatic carbocycles. The van der Waals surface area contributed by atoms with Crippen molar-refractivity contribution in [2.75, 3.05) is 11.9 Å². The third-order valence-corrected chi connectivity index (χ3v) is 4.05. The molecule has 126 valence electrons. The van der Waals surface area contributed by atoms with Crippen molar-refractivity contribution in [1.82, 2.24) is 4.90 Å². The standard InChI is InChI=1S/C16H25N3O.2ClH/c1-4-8-19-9-13-6-5-7-15(14(13)10-19)18-16(20)11(2)12(3)17;;/h5-7,11-12H,4,8-10,17H2,1-3H3,(H,18,20);2*1H. The van der Waals surface area contributed by atoms with Crippen LogP contribution in [0.1, 0.15) is 38.3 Å². The van der Waals surface area contributed by atoms with Crippen LogP contribution in [0.3, 0.4) is 0 Å². The molecule has 2 atom stereocenters. The molecule has 0 saturated heterocycles. The Balaban J connectivity index is 0.00000220. The quantitative estimate of drug-likeness (QED) is 0.859. The SMILES string of the molecule is CCCN1Cc2cccc(NC(=O)C(C)C(C)N)c2C1.Cl.Cl. The molecule has 0 saturated carbocycles. The summed E-state index contributed by atoms with van der Waals surface area (Å²) in [5.74, 6) is -0.179. The maximum atomic E-state index is 12.2. The first-order chi connectivity index (χ1) is 9.52. The van der Waals surface area contributed by atoms with Crippen molar-refractivity contribution < 1.29 is 4.79 Å². The van der Waals surface area contributed by atoms with Crippen LogP contribution in [0.15, 0.2) is 18.2 Å². The van der Waals surface area contributed by atoms with Gasteiger partial charge in [0.15, 0.2) is 0 Å². The topological polar surface area (TPSA) is 58.4 Å². The Bertz CT molecular complexity index is 494. The molecule has 0 fully saturated rings.